The van der Waals surface area contributed by atoms with E-state index in [0.29, 0.717) is 24.3 Å². The number of hydrogen-bond donors (Lipinski definition) is 0. The minimum Gasteiger partial charge on any atom is -0.376 e. The summed E-state index contributed by atoms with van der Waals surface area (Å²) in [6.45, 7) is 6.60. The lowest BCUT2D eigenvalue weighted by molar-refractivity contribution is -0.125. The van der Waals surface area contributed by atoms with E-state index in [2.05, 4.69) is 18.7 Å². The zero-order valence-corrected chi connectivity index (χ0v) is 9.74. The van der Waals surface area contributed by atoms with Gasteiger partial charge in [-0.25, -0.2) is 0 Å². The molecule has 2 fully saturated rings. The van der Waals surface area contributed by atoms with Crippen LogP contribution in [0.5, 0.6) is 0 Å². The van der Waals surface area contributed by atoms with Gasteiger partial charge in [-0.3, -0.25) is 9.69 Å². The SMILES string of the molecule is CCC1COC(C)CN1CC(=O)C1CC1. The third kappa shape index (κ3) is 2.79. The first-order valence-electron chi connectivity index (χ1n) is 6.09. The zero-order chi connectivity index (χ0) is 10.8. The number of carbonyl (C=O) groups excluding carboxylic acids is 1. The van der Waals surface area contributed by atoms with E-state index in [0.717, 1.165) is 32.4 Å². The Morgan fingerprint density at radius 2 is 2.20 bits per heavy atom. The number of ether oxygens (including phenoxy) is 1. The molecule has 2 unspecified atom stereocenters. The fourth-order valence-corrected chi connectivity index (χ4v) is 2.22. The van der Waals surface area contributed by atoms with Crippen molar-refractivity contribution >= 4 is 5.78 Å². The first-order valence-corrected chi connectivity index (χ1v) is 6.09. The van der Waals surface area contributed by atoms with Crippen LogP contribution in [0.1, 0.15) is 33.1 Å². The molecule has 0 bridgehead atoms. The Morgan fingerprint density at radius 1 is 1.47 bits per heavy atom. The maximum Gasteiger partial charge on any atom is 0.149 e. The molecule has 0 radical (unpaired) electrons. The van der Waals surface area contributed by atoms with Crippen molar-refractivity contribution in [2.45, 2.75) is 45.3 Å². The van der Waals surface area contributed by atoms with Gasteiger partial charge in [0.2, 0.25) is 0 Å². The van der Waals surface area contributed by atoms with E-state index < -0.39 is 0 Å². The van der Waals surface area contributed by atoms with Crippen LogP contribution in [0.25, 0.3) is 0 Å². The number of morpholine rings is 1. The third-order valence-corrected chi connectivity index (χ3v) is 3.44. The Morgan fingerprint density at radius 3 is 2.80 bits per heavy atom. The molecule has 3 heteroatoms. The number of hydrogen-bond acceptors (Lipinski definition) is 3. The summed E-state index contributed by atoms with van der Waals surface area (Å²) in [5.74, 6) is 0.836. The van der Waals surface area contributed by atoms with Crippen molar-refractivity contribution in [1.82, 2.24) is 4.90 Å². The highest BCUT2D eigenvalue weighted by Crippen LogP contribution is 2.30. The van der Waals surface area contributed by atoms with Gasteiger partial charge in [-0.15, -0.1) is 0 Å². The van der Waals surface area contributed by atoms with Gasteiger partial charge in [0.05, 0.1) is 19.3 Å². The van der Waals surface area contributed by atoms with Crippen molar-refractivity contribution in [1.29, 1.82) is 0 Å². The summed E-state index contributed by atoms with van der Waals surface area (Å²) >= 11 is 0. The Bertz CT molecular complexity index is 238. The topological polar surface area (TPSA) is 29.5 Å². The van der Waals surface area contributed by atoms with Crippen LogP contribution in [-0.4, -0.2) is 42.5 Å². The van der Waals surface area contributed by atoms with Crippen LogP contribution in [0.4, 0.5) is 0 Å². The lowest BCUT2D eigenvalue weighted by atomic mass is 10.1. The molecule has 0 aromatic rings. The van der Waals surface area contributed by atoms with Gasteiger partial charge in [0.25, 0.3) is 0 Å². The quantitative estimate of drug-likeness (QED) is 0.705. The molecule has 1 saturated carbocycles. The Balaban J connectivity index is 1.88. The number of carbonyl (C=O) groups is 1. The van der Waals surface area contributed by atoms with Crippen molar-refractivity contribution in [3.63, 3.8) is 0 Å². The zero-order valence-electron chi connectivity index (χ0n) is 9.74. The van der Waals surface area contributed by atoms with Gasteiger partial charge in [-0.2, -0.15) is 0 Å². The highest BCUT2D eigenvalue weighted by molar-refractivity contribution is 5.85. The molecule has 2 atom stereocenters. The van der Waals surface area contributed by atoms with E-state index in [9.17, 15) is 4.79 Å². The summed E-state index contributed by atoms with van der Waals surface area (Å²) in [6, 6.07) is 0.448. The van der Waals surface area contributed by atoms with Crippen molar-refractivity contribution in [3.8, 4) is 0 Å². The largest absolute Gasteiger partial charge is 0.376 e. The Labute approximate surface area is 91.8 Å². The van der Waals surface area contributed by atoms with Crippen LogP contribution in [0.15, 0.2) is 0 Å². The molecule has 0 aromatic carbocycles. The fraction of sp³-hybridized carbons (Fsp3) is 0.917. The molecule has 1 aliphatic carbocycles. The molecule has 86 valence electrons. The molecular formula is C12H21NO2. The molecule has 15 heavy (non-hydrogen) atoms. The van der Waals surface area contributed by atoms with Crippen LogP contribution in [-0.2, 0) is 9.53 Å². The lowest BCUT2D eigenvalue weighted by Gasteiger charge is -2.37. The second kappa shape index (κ2) is 4.62. The van der Waals surface area contributed by atoms with Crippen LogP contribution >= 0.6 is 0 Å². The molecule has 1 heterocycles. The molecule has 1 aliphatic heterocycles. The van der Waals surface area contributed by atoms with Crippen LogP contribution < -0.4 is 0 Å². The van der Waals surface area contributed by atoms with E-state index in [1.165, 1.54) is 0 Å². The van der Waals surface area contributed by atoms with Gasteiger partial charge in [-0.05, 0) is 26.2 Å². The molecule has 3 nitrogen and oxygen atoms in total. The average Bonchev–Trinajstić information content (AvgIpc) is 3.01. The molecule has 0 spiro atoms. The molecule has 1 saturated heterocycles. The maximum absolute atomic E-state index is 11.8. The Hall–Kier alpha value is -0.410. The van der Waals surface area contributed by atoms with E-state index in [1.807, 2.05) is 0 Å². The van der Waals surface area contributed by atoms with Crippen LogP contribution in [0, 0.1) is 5.92 Å². The summed E-state index contributed by atoms with van der Waals surface area (Å²) in [5, 5.41) is 0. The highest BCUT2D eigenvalue weighted by atomic mass is 16.5. The maximum atomic E-state index is 11.8. The molecule has 0 amide bonds. The molecule has 2 rings (SSSR count). The molecular weight excluding hydrogens is 190 g/mol. The smallest absolute Gasteiger partial charge is 0.149 e. The molecule has 2 aliphatic rings. The van der Waals surface area contributed by atoms with Gasteiger partial charge in [0.1, 0.15) is 5.78 Å². The summed E-state index contributed by atoms with van der Waals surface area (Å²) in [5.41, 5.74) is 0. The molecule has 0 aromatic heterocycles. The number of nitrogens with zero attached hydrogens (tertiary/aromatic N) is 1. The van der Waals surface area contributed by atoms with Gasteiger partial charge in [-0.1, -0.05) is 6.92 Å². The Kier molecular flexibility index (Phi) is 3.42. The van der Waals surface area contributed by atoms with Crippen LogP contribution in [0.3, 0.4) is 0 Å². The predicted molar refractivity (Wildman–Crippen MR) is 58.8 cm³/mol. The van der Waals surface area contributed by atoms with E-state index in [-0.39, 0.29) is 6.10 Å². The number of ketones is 1. The second-order valence-electron chi connectivity index (χ2n) is 4.88. The normalized spacial score (nSPS) is 32.9. The van der Waals surface area contributed by atoms with Gasteiger partial charge in [0, 0.05) is 18.5 Å². The highest BCUT2D eigenvalue weighted by Gasteiger charge is 2.33. The summed E-state index contributed by atoms with van der Waals surface area (Å²) in [4.78, 5) is 14.1. The third-order valence-electron chi connectivity index (χ3n) is 3.44. The van der Waals surface area contributed by atoms with Crippen molar-refractivity contribution < 1.29 is 9.53 Å². The van der Waals surface area contributed by atoms with E-state index >= 15 is 0 Å². The standard InChI is InChI=1S/C12H21NO2/c1-3-11-8-15-9(2)6-13(11)7-12(14)10-4-5-10/h9-11H,3-8H2,1-2H3. The monoisotopic (exact) mass is 211 g/mol. The number of rotatable bonds is 4. The first kappa shape index (κ1) is 11.1. The first-order chi connectivity index (χ1) is 7.20. The van der Waals surface area contributed by atoms with Crippen LogP contribution in [0.2, 0.25) is 0 Å². The summed E-state index contributed by atoms with van der Waals surface area (Å²) in [6.07, 6.45) is 3.59. The van der Waals surface area contributed by atoms with Gasteiger partial charge >= 0.3 is 0 Å². The van der Waals surface area contributed by atoms with Crippen molar-refractivity contribution in [3.05, 3.63) is 0 Å². The van der Waals surface area contributed by atoms with Gasteiger partial charge in [0.15, 0.2) is 0 Å². The fourth-order valence-electron chi connectivity index (χ4n) is 2.22. The lowest BCUT2D eigenvalue weighted by Crippen LogP contribution is -2.50. The summed E-state index contributed by atoms with van der Waals surface area (Å²) in [7, 11) is 0. The second-order valence-corrected chi connectivity index (χ2v) is 4.88. The summed E-state index contributed by atoms with van der Waals surface area (Å²) < 4.78 is 5.62. The van der Waals surface area contributed by atoms with E-state index in [4.69, 9.17) is 4.74 Å². The predicted octanol–water partition coefficient (Wildman–Crippen LogP) is 1.46. The average molecular weight is 211 g/mol. The van der Waals surface area contributed by atoms with Crippen molar-refractivity contribution in [2.75, 3.05) is 19.7 Å². The minimum atomic E-state index is 0.278. The molecule has 0 N–H and O–H groups in total. The van der Waals surface area contributed by atoms with E-state index in [1.54, 1.807) is 0 Å². The number of Topliss-reactive ketones (excluding diaryl/α,β-unsaturated/α-hetero) is 1. The van der Waals surface area contributed by atoms with Crippen molar-refractivity contribution in [2.24, 2.45) is 5.92 Å². The van der Waals surface area contributed by atoms with Gasteiger partial charge < -0.3 is 4.74 Å². The minimum absolute atomic E-state index is 0.278.